The van der Waals surface area contributed by atoms with Crippen molar-refractivity contribution < 1.29 is 4.21 Å². The summed E-state index contributed by atoms with van der Waals surface area (Å²) in [6, 6.07) is 0. The summed E-state index contributed by atoms with van der Waals surface area (Å²) in [5.74, 6) is 0. The maximum absolute atomic E-state index is 11.3. The van der Waals surface area contributed by atoms with E-state index in [1.165, 1.54) is 0 Å². The van der Waals surface area contributed by atoms with Gasteiger partial charge in [0.05, 0.1) is 4.75 Å². The van der Waals surface area contributed by atoms with Crippen molar-refractivity contribution >= 4 is 17.2 Å². The zero-order valence-electron chi connectivity index (χ0n) is 8.04. The molecule has 0 spiro atoms. The summed E-state index contributed by atoms with van der Waals surface area (Å²) in [6.45, 7) is 9.32. The van der Waals surface area contributed by atoms with Crippen molar-refractivity contribution in [1.29, 1.82) is 0 Å². The van der Waals surface area contributed by atoms with Crippen LogP contribution in [0.15, 0.2) is 17.1 Å². The lowest BCUT2D eigenvalue weighted by Gasteiger charge is -2.12. The standard InChI is InChI=1S/C9H17NOS/c1-5-6-7-8-10-12(11)9(2,3)4/h5,8H,1,6-7H2,2-4H3/b10-8+/t12-/m1/s1. The van der Waals surface area contributed by atoms with E-state index < -0.39 is 11.0 Å². The van der Waals surface area contributed by atoms with Crippen molar-refractivity contribution in [3.05, 3.63) is 12.7 Å². The largest absolute Gasteiger partial charge is 0.234 e. The molecule has 2 nitrogen and oxygen atoms in total. The van der Waals surface area contributed by atoms with Crippen LogP contribution in [0.1, 0.15) is 33.6 Å². The molecule has 0 aliphatic carbocycles. The minimum Gasteiger partial charge on any atom is -0.234 e. The van der Waals surface area contributed by atoms with Crippen molar-refractivity contribution in [3.8, 4) is 0 Å². The van der Waals surface area contributed by atoms with Gasteiger partial charge >= 0.3 is 0 Å². The van der Waals surface area contributed by atoms with Crippen molar-refractivity contribution in [3.63, 3.8) is 0 Å². The van der Waals surface area contributed by atoms with Gasteiger partial charge in [-0.15, -0.1) is 6.58 Å². The maximum Gasteiger partial charge on any atom is 0.144 e. The summed E-state index contributed by atoms with van der Waals surface area (Å²) in [6.07, 6.45) is 5.26. The van der Waals surface area contributed by atoms with Crippen LogP contribution in [0.5, 0.6) is 0 Å². The minimum atomic E-state index is -1.11. The second kappa shape index (κ2) is 5.25. The molecule has 1 atom stereocenters. The van der Waals surface area contributed by atoms with Crippen molar-refractivity contribution in [1.82, 2.24) is 0 Å². The number of rotatable bonds is 4. The third-order valence-corrected chi connectivity index (χ3v) is 2.58. The average Bonchev–Trinajstić information content (AvgIpc) is 1.96. The van der Waals surface area contributed by atoms with Crippen LogP contribution in [-0.2, 0) is 11.0 Å². The molecule has 0 aliphatic rings. The molecule has 0 heterocycles. The highest BCUT2D eigenvalue weighted by Gasteiger charge is 2.17. The highest BCUT2D eigenvalue weighted by Crippen LogP contribution is 2.11. The predicted molar refractivity (Wildman–Crippen MR) is 55.8 cm³/mol. The predicted octanol–water partition coefficient (Wildman–Crippen LogP) is 2.49. The summed E-state index contributed by atoms with van der Waals surface area (Å²) < 4.78 is 15.0. The highest BCUT2D eigenvalue weighted by molar-refractivity contribution is 7.85. The monoisotopic (exact) mass is 187 g/mol. The van der Waals surface area contributed by atoms with E-state index in [1.54, 1.807) is 6.21 Å². The van der Waals surface area contributed by atoms with Crippen LogP contribution in [0, 0.1) is 0 Å². The zero-order chi connectivity index (χ0) is 9.61. The summed E-state index contributed by atoms with van der Waals surface area (Å²) in [5.41, 5.74) is 0. The molecule has 0 fully saturated rings. The highest BCUT2D eigenvalue weighted by atomic mass is 32.2. The van der Waals surface area contributed by atoms with Crippen molar-refractivity contribution in [2.24, 2.45) is 4.40 Å². The maximum atomic E-state index is 11.3. The molecule has 0 saturated carbocycles. The summed E-state index contributed by atoms with van der Waals surface area (Å²) in [5, 5.41) is 0. The first-order valence-corrected chi connectivity index (χ1v) is 5.14. The van der Waals surface area contributed by atoms with E-state index in [4.69, 9.17) is 0 Å². The smallest absolute Gasteiger partial charge is 0.144 e. The van der Waals surface area contributed by atoms with Gasteiger partial charge in [-0.1, -0.05) is 6.08 Å². The number of hydrogen-bond donors (Lipinski definition) is 0. The fourth-order valence-electron chi connectivity index (χ4n) is 0.471. The van der Waals surface area contributed by atoms with Gasteiger partial charge in [-0.3, -0.25) is 0 Å². The lowest BCUT2D eigenvalue weighted by Crippen LogP contribution is -2.19. The Hall–Kier alpha value is -0.440. The van der Waals surface area contributed by atoms with E-state index in [0.717, 1.165) is 12.8 Å². The van der Waals surface area contributed by atoms with Crippen LogP contribution in [0.4, 0.5) is 0 Å². The number of allylic oxidation sites excluding steroid dienone is 1. The lowest BCUT2D eigenvalue weighted by molar-refractivity contribution is 0.650. The SMILES string of the molecule is C=CCC/C=N/[S@](=O)C(C)(C)C. The van der Waals surface area contributed by atoms with Crippen LogP contribution in [0.3, 0.4) is 0 Å². The summed E-state index contributed by atoms with van der Waals surface area (Å²) >= 11 is 0. The Kier molecular flexibility index (Phi) is 5.06. The number of nitrogens with zero attached hydrogens (tertiary/aromatic N) is 1. The van der Waals surface area contributed by atoms with E-state index >= 15 is 0 Å². The first kappa shape index (κ1) is 11.6. The molecule has 0 bridgehead atoms. The Balaban J connectivity index is 3.84. The van der Waals surface area contributed by atoms with Crippen LogP contribution in [-0.4, -0.2) is 15.2 Å². The van der Waals surface area contributed by atoms with Crippen LogP contribution in [0.25, 0.3) is 0 Å². The Labute approximate surface area is 77.4 Å². The van der Waals surface area contributed by atoms with Gasteiger partial charge in [-0.2, -0.15) is 4.40 Å². The molecule has 3 heteroatoms. The first-order valence-electron chi connectivity index (χ1n) is 4.04. The van der Waals surface area contributed by atoms with Gasteiger partial charge in [0.1, 0.15) is 11.0 Å². The van der Waals surface area contributed by atoms with Crippen molar-refractivity contribution in [2.75, 3.05) is 0 Å². The third kappa shape index (κ3) is 5.24. The molecule has 0 aromatic heterocycles. The molecule has 0 unspecified atom stereocenters. The van der Waals surface area contributed by atoms with Gasteiger partial charge < -0.3 is 0 Å². The summed E-state index contributed by atoms with van der Waals surface area (Å²) in [7, 11) is -1.11. The lowest BCUT2D eigenvalue weighted by atomic mass is 10.3. The molecule has 0 aromatic carbocycles. The zero-order valence-corrected chi connectivity index (χ0v) is 8.86. The van der Waals surface area contributed by atoms with Crippen LogP contribution < -0.4 is 0 Å². The summed E-state index contributed by atoms with van der Waals surface area (Å²) in [4.78, 5) is 0. The van der Waals surface area contributed by atoms with E-state index in [1.807, 2.05) is 26.8 Å². The molecule has 0 rings (SSSR count). The van der Waals surface area contributed by atoms with E-state index in [2.05, 4.69) is 11.0 Å². The fraction of sp³-hybridized carbons (Fsp3) is 0.667. The fourth-order valence-corrected chi connectivity index (χ4v) is 1.03. The van der Waals surface area contributed by atoms with E-state index in [0.29, 0.717) is 0 Å². The van der Waals surface area contributed by atoms with Gasteiger partial charge in [0.2, 0.25) is 0 Å². The second-order valence-corrected chi connectivity index (χ2v) is 5.45. The molecular formula is C9H17NOS. The van der Waals surface area contributed by atoms with Gasteiger partial charge in [0.25, 0.3) is 0 Å². The van der Waals surface area contributed by atoms with E-state index in [9.17, 15) is 4.21 Å². The normalized spacial score (nSPS) is 14.9. The third-order valence-electron chi connectivity index (χ3n) is 1.19. The van der Waals surface area contributed by atoms with Crippen molar-refractivity contribution in [2.45, 2.75) is 38.4 Å². The van der Waals surface area contributed by atoms with Gasteiger partial charge in [-0.05, 0) is 33.6 Å². The Morgan fingerprint density at radius 3 is 2.42 bits per heavy atom. The Bertz CT molecular complexity index is 191. The quantitative estimate of drug-likeness (QED) is 0.378. The van der Waals surface area contributed by atoms with Gasteiger partial charge in [-0.25, -0.2) is 4.21 Å². The molecule has 0 saturated heterocycles. The molecule has 70 valence electrons. The molecule has 0 aliphatic heterocycles. The topological polar surface area (TPSA) is 29.4 Å². The first-order chi connectivity index (χ1) is 5.48. The van der Waals surface area contributed by atoms with Crippen LogP contribution in [0.2, 0.25) is 0 Å². The Morgan fingerprint density at radius 2 is 2.00 bits per heavy atom. The average molecular weight is 187 g/mol. The molecular weight excluding hydrogens is 170 g/mol. The van der Waals surface area contributed by atoms with E-state index in [-0.39, 0.29) is 4.75 Å². The minimum absolute atomic E-state index is 0.245. The van der Waals surface area contributed by atoms with Gasteiger partial charge in [0.15, 0.2) is 0 Å². The molecule has 12 heavy (non-hydrogen) atoms. The molecule has 0 amide bonds. The number of unbranched alkanes of at least 4 members (excludes halogenated alkanes) is 1. The van der Waals surface area contributed by atoms with Crippen LogP contribution >= 0.6 is 0 Å². The molecule has 0 N–H and O–H groups in total. The molecule has 0 aromatic rings. The number of hydrogen-bond acceptors (Lipinski definition) is 1. The Morgan fingerprint density at radius 1 is 1.42 bits per heavy atom. The second-order valence-electron chi connectivity index (χ2n) is 3.52. The molecule has 0 radical (unpaired) electrons. The van der Waals surface area contributed by atoms with Gasteiger partial charge in [0, 0.05) is 6.21 Å².